The molecule has 0 heterocycles. The van der Waals surface area contributed by atoms with E-state index in [1.54, 1.807) is 12.1 Å². The summed E-state index contributed by atoms with van der Waals surface area (Å²) in [6.07, 6.45) is -2.34. The van der Waals surface area contributed by atoms with E-state index in [1.165, 1.54) is 18.2 Å². The number of hydrogen-bond acceptors (Lipinski definition) is 2. The van der Waals surface area contributed by atoms with Crippen molar-refractivity contribution in [2.75, 3.05) is 17.2 Å². The number of nitrogens with one attached hydrogen (secondary N) is 2. The quantitative estimate of drug-likeness (QED) is 0.501. The second-order valence-electron chi connectivity index (χ2n) is 5.52. The second-order valence-corrected chi connectivity index (χ2v) is 5.52. The average Bonchev–Trinajstić information content (AvgIpc) is 2.54. The van der Waals surface area contributed by atoms with E-state index in [2.05, 4.69) is 17.6 Å². The van der Waals surface area contributed by atoms with Crippen molar-refractivity contribution in [1.29, 1.82) is 0 Å². The first-order chi connectivity index (χ1) is 11.4. The van der Waals surface area contributed by atoms with Crippen LogP contribution in [0.5, 0.6) is 0 Å². The first kappa shape index (κ1) is 18.1. The Morgan fingerprint density at radius 1 is 0.958 bits per heavy atom. The van der Waals surface area contributed by atoms with E-state index in [9.17, 15) is 17.6 Å². The molecule has 0 amide bonds. The normalized spacial score (nSPS) is 11.4. The number of benzene rings is 2. The molecule has 0 atom stereocenters. The van der Waals surface area contributed by atoms with E-state index >= 15 is 0 Å². The van der Waals surface area contributed by atoms with Gasteiger partial charge in [0, 0.05) is 18.8 Å². The molecule has 0 fully saturated rings. The lowest BCUT2D eigenvalue weighted by Crippen LogP contribution is -2.06. The van der Waals surface area contributed by atoms with Gasteiger partial charge in [-0.15, -0.1) is 0 Å². The largest absolute Gasteiger partial charge is 0.416 e. The van der Waals surface area contributed by atoms with Crippen LogP contribution in [-0.4, -0.2) is 6.54 Å². The van der Waals surface area contributed by atoms with Crippen molar-refractivity contribution in [1.82, 2.24) is 0 Å². The molecule has 0 aliphatic carbocycles. The minimum atomic E-state index is -4.34. The SMILES string of the molecule is CCCCNc1ccc(CNc2ccc(C(F)(F)F)cc2)cc1F. The van der Waals surface area contributed by atoms with Gasteiger partial charge in [0.15, 0.2) is 0 Å². The summed E-state index contributed by atoms with van der Waals surface area (Å²) in [5.41, 5.74) is 1.03. The summed E-state index contributed by atoms with van der Waals surface area (Å²) in [5.74, 6) is -0.335. The van der Waals surface area contributed by atoms with Crippen molar-refractivity contribution >= 4 is 11.4 Å². The van der Waals surface area contributed by atoms with E-state index in [4.69, 9.17) is 0 Å². The molecule has 0 saturated carbocycles. The number of halogens is 4. The van der Waals surface area contributed by atoms with E-state index in [-0.39, 0.29) is 5.82 Å². The lowest BCUT2D eigenvalue weighted by molar-refractivity contribution is -0.137. The summed E-state index contributed by atoms with van der Waals surface area (Å²) in [6, 6.07) is 9.64. The first-order valence-corrected chi connectivity index (χ1v) is 7.83. The van der Waals surface area contributed by atoms with Crippen LogP contribution in [0.2, 0.25) is 0 Å². The molecule has 130 valence electrons. The molecule has 0 aromatic heterocycles. The van der Waals surface area contributed by atoms with Crippen LogP contribution in [0, 0.1) is 5.82 Å². The Hall–Kier alpha value is -2.24. The minimum Gasteiger partial charge on any atom is -0.383 e. The molecule has 0 aliphatic rings. The van der Waals surface area contributed by atoms with Crippen molar-refractivity contribution in [2.24, 2.45) is 0 Å². The van der Waals surface area contributed by atoms with Gasteiger partial charge in [0.1, 0.15) is 5.82 Å². The molecule has 24 heavy (non-hydrogen) atoms. The third kappa shape index (κ3) is 5.15. The molecule has 0 bridgehead atoms. The number of hydrogen-bond donors (Lipinski definition) is 2. The van der Waals surface area contributed by atoms with E-state index in [1.807, 2.05) is 0 Å². The summed E-state index contributed by atoms with van der Waals surface area (Å²) in [7, 11) is 0. The molecule has 2 aromatic carbocycles. The van der Waals surface area contributed by atoms with Crippen molar-refractivity contribution in [2.45, 2.75) is 32.5 Å². The molecular weight excluding hydrogens is 320 g/mol. The second kappa shape index (κ2) is 8.04. The summed E-state index contributed by atoms with van der Waals surface area (Å²) in [5, 5.41) is 6.02. The average molecular weight is 340 g/mol. The van der Waals surface area contributed by atoms with Gasteiger partial charge < -0.3 is 10.6 Å². The van der Waals surface area contributed by atoms with Crippen LogP contribution >= 0.6 is 0 Å². The third-order valence-corrected chi connectivity index (χ3v) is 3.59. The lowest BCUT2D eigenvalue weighted by atomic mass is 10.1. The van der Waals surface area contributed by atoms with Crippen LogP contribution in [0.25, 0.3) is 0 Å². The molecular formula is C18H20F4N2. The van der Waals surface area contributed by atoms with E-state index in [0.717, 1.165) is 31.5 Å². The monoisotopic (exact) mass is 340 g/mol. The van der Waals surface area contributed by atoms with Crippen LogP contribution in [-0.2, 0) is 12.7 Å². The van der Waals surface area contributed by atoms with Gasteiger partial charge in [-0.25, -0.2) is 4.39 Å². The Morgan fingerprint density at radius 2 is 1.67 bits per heavy atom. The standard InChI is InChI=1S/C18H20F4N2/c1-2-3-10-23-17-9-4-13(11-16(17)19)12-24-15-7-5-14(6-8-15)18(20,21)22/h4-9,11,23-24H,2-3,10,12H2,1H3. The molecule has 6 heteroatoms. The van der Waals surface area contributed by atoms with Gasteiger partial charge in [-0.1, -0.05) is 19.4 Å². The molecule has 0 saturated heterocycles. The fraction of sp³-hybridized carbons (Fsp3) is 0.333. The van der Waals surface area contributed by atoms with Gasteiger partial charge in [-0.3, -0.25) is 0 Å². The molecule has 2 N–H and O–H groups in total. The molecule has 0 unspecified atom stereocenters. The summed E-state index contributed by atoms with van der Waals surface area (Å²) in [4.78, 5) is 0. The smallest absolute Gasteiger partial charge is 0.383 e. The third-order valence-electron chi connectivity index (χ3n) is 3.59. The highest BCUT2D eigenvalue weighted by Crippen LogP contribution is 2.29. The fourth-order valence-electron chi connectivity index (χ4n) is 2.19. The van der Waals surface area contributed by atoms with Crippen molar-refractivity contribution in [3.63, 3.8) is 0 Å². The zero-order valence-corrected chi connectivity index (χ0v) is 13.4. The van der Waals surface area contributed by atoms with Crippen LogP contribution in [0.15, 0.2) is 42.5 Å². The summed E-state index contributed by atoms with van der Waals surface area (Å²) in [6.45, 7) is 3.11. The predicted octanol–water partition coefficient (Wildman–Crippen LogP) is 5.67. The minimum absolute atomic E-state index is 0.331. The maximum Gasteiger partial charge on any atom is 0.416 e. The number of alkyl halides is 3. The molecule has 0 aliphatic heterocycles. The Kier molecular flexibility index (Phi) is 6.06. The molecule has 0 radical (unpaired) electrons. The highest BCUT2D eigenvalue weighted by atomic mass is 19.4. The molecule has 2 nitrogen and oxygen atoms in total. The highest BCUT2D eigenvalue weighted by molar-refractivity contribution is 5.49. The zero-order chi connectivity index (χ0) is 17.6. The van der Waals surface area contributed by atoms with Gasteiger partial charge in [0.2, 0.25) is 0 Å². The Morgan fingerprint density at radius 3 is 2.25 bits per heavy atom. The zero-order valence-electron chi connectivity index (χ0n) is 13.4. The maximum absolute atomic E-state index is 14.0. The van der Waals surface area contributed by atoms with Gasteiger partial charge in [-0.2, -0.15) is 13.2 Å². The van der Waals surface area contributed by atoms with Gasteiger partial charge in [0.25, 0.3) is 0 Å². The van der Waals surface area contributed by atoms with Gasteiger partial charge >= 0.3 is 6.18 Å². The van der Waals surface area contributed by atoms with Crippen LogP contribution in [0.4, 0.5) is 28.9 Å². The van der Waals surface area contributed by atoms with Gasteiger partial charge in [-0.05, 0) is 48.4 Å². The van der Waals surface area contributed by atoms with Crippen molar-refractivity contribution < 1.29 is 17.6 Å². The fourth-order valence-corrected chi connectivity index (χ4v) is 2.19. The summed E-state index contributed by atoms with van der Waals surface area (Å²) >= 11 is 0. The van der Waals surface area contributed by atoms with Crippen molar-refractivity contribution in [3.8, 4) is 0 Å². The molecule has 2 aromatic rings. The highest BCUT2D eigenvalue weighted by Gasteiger charge is 2.29. The number of anilines is 2. The molecule has 2 rings (SSSR count). The number of unbranched alkanes of at least 4 members (excludes halogenated alkanes) is 1. The Bertz CT molecular complexity index is 651. The van der Waals surface area contributed by atoms with E-state index in [0.29, 0.717) is 23.5 Å². The molecule has 0 spiro atoms. The van der Waals surface area contributed by atoms with E-state index < -0.39 is 11.7 Å². The lowest BCUT2D eigenvalue weighted by Gasteiger charge is -2.11. The Labute approximate surface area is 138 Å². The predicted molar refractivity (Wildman–Crippen MR) is 88.6 cm³/mol. The summed E-state index contributed by atoms with van der Waals surface area (Å²) < 4.78 is 51.5. The Balaban J connectivity index is 1.93. The first-order valence-electron chi connectivity index (χ1n) is 7.83. The van der Waals surface area contributed by atoms with Crippen LogP contribution in [0.3, 0.4) is 0 Å². The van der Waals surface area contributed by atoms with Crippen molar-refractivity contribution in [3.05, 3.63) is 59.4 Å². The van der Waals surface area contributed by atoms with Gasteiger partial charge in [0.05, 0.1) is 11.3 Å². The topological polar surface area (TPSA) is 24.1 Å². The maximum atomic E-state index is 14.0. The van der Waals surface area contributed by atoms with Crippen LogP contribution < -0.4 is 10.6 Å². The van der Waals surface area contributed by atoms with Crippen LogP contribution in [0.1, 0.15) is 30.9 Å². The number of rotatable bonds is 7.